The van der Waals surface area contributed by atoms with Crippen LogP contribution in [-0.4, -0.2) is 99.1 Å². The number of anilines is 1. The number of likely N-dealkylation sites (N-methyl/N-ethyl adjacent to an activating group) is 1. The molecule has 50 heavy (non-hydrogen) atoms. The Labute approximate surface area is 289 Å². The number of phenols is 1. The summed E-state index contributed by atoms with van der Waals surface area (Å²) in [5.41, 5.74) is -0.680. The van der Waals surface area contributed by atoms with Crippen molar-refractivity contribution < 1.29 is 32.5 Å². The fourth-order valence-corrected chi connectivity index (χ4v) is 7.95. The number of aromatic hydroxyl groups is 1. The minimum absolute atomic E-state index is 0.0645. The van der Waals surface area contributed by atoms with Crippen molar-refractivity contribution in [1.29, 1.82) is 0 Å². The lowest BCUT2D eigenvalue weighted by atomic mass is 9.94. The maximum Gasteiger partial charge on any atom is 0.410 e. The zero-order valence-electron chi connectivity index (χ0n) is 29.1. The van der Waals surface area contributed by atoms with Crippen LogP contribution in [0.5, 0.6) is 11.8 Å². The molecule has 0 saturated carbocycles. The van der Waals surface area contributed by atoms with Crippen LogP contribution in [0.3, 0.4) is 0 Å². The molecule has 5 heterocycles. The fourth-order valence-electron chi connectivity index (χ4n) is 7.95. The summed E-state index contributed by atoms with van der Waals surface area (Å²) in [5.74, 6) is -0.978. The Morgan fingerprint density at radius 3 is 2.72 bits per heavy atom. The highest BCUT2D eigenvalue weighted by molar-refractivity contribution is 6.01. The van der Waals surface area contributed by atoms with Crippen LogP contribution < -0.4 is 9.64 Å². The van der Waals surface area contributed by atoms with Crippen LogP contribution in [0, 0.1) is 11.6 Å². The van der Waals surface area contributed by atoms with Gasteiger partial charge >= 0.3 is 12.1 Å². The number of alkyl halides is 1. The minimum Gasteiger partial charge on any atom is -0.508 e. The van der Waals surface area contributed by atoms with Gasteiger partial charge in [-0.15, -0.1) is 0 Å². The molecule has 0 unspecified atom stereocenters. The normalized spacial score (nSPS) is 22.4. The predicted octanol–water partition coefficient (Wildman–Crippen LogP) is 6.79. The number of carbonyl (C=O) groups is 1. The summed E-state index contributed by atoms with van der Waals surface area (Å²) in [6, 6.07) is 5.52. The first kappa shape index (κ1) is 34.1. The van der Waals surface area contributed by atoms with Gasteiger partial charge in [0.1, 0.15) is 47.0 Å². The number of rotatable bonds is 7. The summed E-state index contributed by atoms with van der Waals surface area (Å²) < 4.78 is 58.4. The number of nitrogens with zero attached hydrogens (tertiary/aromatic N) is 6. The highest BCUT2D eigenvalue weighted by Gasteiger charge is 2.49. The van der Waals surface area contributed by atoms with Crippen LogP contribution in [0.2, 0.25) is 0 Å². The Bertz CT molecular complexity index is 1970. The van der Waals surface area contributed by atoms with Gasteiger partial charge in [-0.05, 0) is 87.5 Å². The number of amides is 1. The molecule has 3 aliphatic heterocycles. The molecule has 3 atom stereocenters. The Hall–Kier alpha value is -4.39. The molecule has 4 aromatic rings. The van der Waals surface area contributed by atoms with Gasteiger partial charge in [-0.1, -0.05) is 13.0 Å². The van der Waals surface area contributed by atoms with E-state index in [9.17, 15) is 14.3 Å². The van der Waals surface area contributed by atoms with E-state index in [1.54, 1.807) is 11.0 Å². The fraction of sp³-hybridized carbons (Fsp3) is 0.514. The molecular formula is C37H43F3N6O4. The number of aromatic nitrogens is 3. The molecular weight excluding hydrogens is 649 g/mol. The summed E-state index contributed by atoms with van der Waals surface area (Å²) in [5, 5.41) is 11.9. The molecule has 1 amide bonds. The zero-order chi connectivity index (χ0) is 35.5. The largest absolute Gasteiger partial charge is 0.508 e. The second-order valence-corrected chi connectivity index (χ2v) is 14.8. The van der Waals surface area contributed by atoms with Crippen molar-refractivity contribution in [3.63, 3.8) is 0 Å². The van der Waals surface area contributed by atoms with Gasteiger partial charge < -0.3 is 24.4 Å². The third-order valence-corrected chi connectivity index (χ3v) is 10.3. The smallest absolute Gasteiger partial charge is 0.410 e. The molecule has 10 nitrogen and oxygen atoms in total. The Balaban J connectivity index is 1.32. The minimum atomic E-state index is -0.950. The number of benzene rings is 2. The lowest BCUT2D eigenvalue weighted by Crippen LogP contribution is -2.43. The second kappa shape index (κ2) is 12.7. The number of ether oxygens (including phenoxy) is 2. The van der Waals surface area contributed by atoms with Crippen LogP contribution >= 0.6 is 0 Å². The molecule has 0 bridgehead atoms. The number of aryl methyl sites for hydroxylation is 1. The highest BCUT2D eigenvalue weighted by Crippen LogP contribution is 2.42. The van der Waals surface area contributed by atoms with Gasteiger partial charge in [0.2, 0.25) is 0 Å². The predicted molar refractivity (Wildman–Crippen MR) is 184 cm³/mol. The summed E-state index contributed by atoms with van der Waals surface area (Å²) >= 11 is 0. The topological polar surface area (TPSA) is 104 Å². The first-order valence-corrected chi connectivity index (χ1v) is 17.3. The molecule has 2 aromatic heterocycles. The van der Waals surface area contributed by atoms with Gasteiger partial charge in [0.25, 0.3) is 0 Å². The summed E-state index contributed by atoms with van der Waals surface area (Å²) in [7, 11) is 1.82. The van der Waals surface area contributed by atoms with Crippen LogP contribution in [0.1, 0.15) is 58.9 Å². The van der Waals surface area contributed by atoms with Crippen LogP contribution in [-0.2, 0) is 11.2 Å². The molecule has 2 aromatic carbocycles. The van der Waals surface area contributed by atoms with Gasteiger partial charge in [-0.25, -0.2) is 18.0 Å². The molecule has 0 spiro atoms. The average molecular weight is 693 g/mol. The van der Waals surface area contributed by atoms with Crippen molar-refractivity contribution in [3.8, 4) is 23.0 Å². The van der Waals surface area contributed by atoms with E-state index in [-0.39, 0.29) is 41.2 Å². The van der Waals surface area contributed by atoms with E-state index in [0.29, 0.717) is 66.4 Å². The number of phenolic OH excluding ortho intramolecular Hbond substituents is 1. The summed E-state index contributed by atoms with van der Waals surface area (Å²) in [4.78, 5) is 32.4. The molecule has 3 aliphatic rings. The lowest BCUT2D eigenvalue weighted by Gasteiger charge is -2.31. The van der Waals surface area contributed by atoms with Crippen LogP contribution in [0.25, 0.3) is 32.9 Å². The van der Waals surface area contributed by atoms with E-state index in [2.05, 4.69) is 14.9 Å². The zero-order valence-corrected chi connectivity index (χ0v) is 29.1. The number of pyridine rings is 1. The maximum atomic E-state index is 17.0. The quantitative estimate of drug-likeness (QED) is 0.224. The second-order valence-electron chi connectivity index (χ2n) is 14.8. The van der Waals surface area contributed by atoms with Crippen molar-refractivity contribution in [2.45, 2.75) is 83.2 Å². The van der Waals surface area contributed by atoms with E-state index in [1.165, 1.54) is 24.4 Å². The van der Waals surface area contributed by atoms with Gasteiger partial charge in [0.05, 0.1) is 10.9 Å². The Morgan fingerprint density at radius 1 is 1.16 bits per heavy atom. The van der Waals surface area contributed by atoms with Crippen LogP contribution in [0.15, 0.2) is 30.5 Å². The highest BCUT2D eigenvalue weighted by atomic mass is 19.1. The number of hydrogen-bond acceptors (Lipinski definition) is 9. The maximum absolute atomic E-state index is 17.0. The van der Waals surface area contributed by atoms with Crippen molar-refractivity contribution in [1.82, 2.24) is 24.8 Å². The number of halogens is 3. The summed E-state index contributed by atoms with van der Waals surface area (Å²) in [6.07, 6.45) is 3.13. The Morgan fingerprint density at radius 2 is 1.96 bits per heavy atom. The van der Waals surface area contributed by atoms with Gasteiger partial charge in [-0.2, -0.15) is 9.97 Å². The SMILES string of the molecule is CCc1c(F)ccc2cc(O)cc(-c3ncc4c(N(C)[C@@H]5CCN(C(=O)OC(C)(C)C)C5)nc(OC[C@@]56CCCN5C[C@H](F)C6)nc4c3F)c12. The molecule has 7 rings (SSSR count). The number of fused-ring (bicyclic) bond motifs is 3. The third-order valence-electron chi connectivity index (χ3n) is 10.3. The molecule has 1 N–H and O–H groups in total. The monoisotopic (exact) mass is 692 g/mol. The number of hydrogen-bond donors (Lipinski definition) is 1. The first-order chi connectivity index (χ1) is 23.8. The van der Waals surface area contributed by atoms with E-state index in [4.69, 9.17) is 14.5 Å². The molecule has 0 radical (unpaired) electrons. The molecule has 266 valence electrons. The van der Waals surface area contributed by atoms with Crippen molar-refractivity contribution in [2.75, 3.05) is 44.7 Å². The van der Waals surface area contributed by atoms with Crippen molar-refractivity contribution >= 4 is 33.6 Å². The number of carbonyl (C=O) groups excluding carboxylic acids is 1. The van der Waals surface area contributed by atoms with E-state index in [1.807, 2.05) is 39.6 Å². The standard InChI is InChI=1S/C37H43F3N6O4/c1-6-25-28(39)9-8-21-14-24(47)15-26(29(21)25)31-30(40)32-27(17-41-31)33(44(5)23-10-13-45(19-23)35(48)50-36(2,3)4)43-34(42-32)49-20-37-11-7-12-46(37)18-22(38)16-37/h8-9,14-15,17,22-23,47H,6-7,10-13,16,18-20H2,1-5H3/t22-,23-,37+/m1/s1. The van der Waals surface area contributed by atoms with Crippen molar-refractivity contribution in [3.05, 3.63) is 47.7 Å². The van der Waals surface area contributed by atoms with Gasteiger partial charge in [0.15, 0.2) is 5.82 Å². The number of likely N-dealkylation sites (tertiary alicyclic amines) is 1. The average Bonchev–Trinajstić information content (AvgIpc) is 3.77. The van der Waals surface area contributed by atoms with Crippen molar-refractivity contribution in [2.24, 2.45) is 0 Å². The lowest BCUT2D eigenvalue weighted by molar-refractivity contribution is 0.0292. The summed E-state index contributed by atoms with van der Waals surface area (Å²) in [6.45, 7) is 9.38. The molecule has 3 fully saturated rings. The third kappa shape index (κ3) is 6.13. The molecule has 13 heteroatoms. The molecule has 0 aliphatic carbocycles. The Kier molecular flexibility index (Phi) is 8.68. The van der Waals surface area contributed by atoms with E-state index >= 15 is 8.78 Å². The molecule has 3 saturated heterocycles. The van der Waals surface area contributed by atoms with Crippen LogP contribution in [0.4, 0.5) is 23.8 Å². The van der Waals surface area contributed by atoms with Gasteiger partial charge in [0, 0.05) is 50.9 Å². The van der Waals surface area contributed by atoms with Gasteiger partial charge in [-0.3, -0.25) is 9.88 Å². The first-order valence-electron chi connectivity index (χ1n) is 17.3. The van der Waals surface area contributed by atoms with E-state index < -0.39 is 35.0 Å². The van der Waals surface area contributed by atoms with E-state index in [0.717, 1.165) is 19.4 Å².